The van der Waals surface area contributed by atoms with E-state index in [0.717, 1.165) is 10.4 Å². The number of rotatable bonds is 1. The van der Waals surface area contributed by atoms with Crippen molar-refractivity contribution in [2.75, 3.05) is 0 Å². The van der Waals surface area contributed by atoms with Crippen LogP contribution in [0, 0.1) is 5.21 Å². The minimum atomic E-state index is 0.322. The first-order valence-corrected chi connectivity index (χ1v) is 3.84. The van der Waals surface area contributed by atoms with E-state index in [9.17, 15) is 5.21 Å². The van der Waals surface area contributed by atoms with Gasteiger partial charge in [-0.3, -0.25) is 0 Å². The van der Waals surface area contributed by atoms with Crippen LogP contribution in [-0.2, 0) is 7.05 Å². The number of hydrogen-bond acceptors (Lipinski definition) is 3. The molecule has 0 saturated carbocycles. The highest BCUT2D eigenvalue weighted by Gasteiger charge is 2.13. The summed E-state index contributed by atoms with van der Waals surface area (Å²) in [6.45, 7) is 0. The molecule has 0 unspecified atom stereocenters. The molecule has 0 aliphatic carbocycles. The summed E-state index contributed by atoms with van der Waals surface area (Å²) >= 11 is 0. The standard InChI is InChI=1S/C8H8N4O/c1-11-10-9-8(12(11)13)7-5-3-2-4-6-7/h2-6H,1H3. The van der Waals surface area contributed by atoms with Crippen LogP contribution in [0.5, 0.6) is 0 Å². The Morgan fingerprint density at radius 1 is 1.31 bits per heavy atom. The Balaban J connectivity index is 2.53. The zero-order valence-corrected chi connectivity index (χ0v) is 7.08. The lowest BCUT2D eigenvalue weighted by Crippen LogP contribution is -2.37. The summed E-state index contributed by atoms with van der Waals surface area (Å²) in [5, 5.41) is 18.7. The van der Waals surface area contributed by atoms with E-state index in [1.165, 1.54) is 0 Å². The fourth-order valence-electron chi connectivity index (χ4n) is 1.07. The van der Waals surface area contributed by atoms with Crippen molar-refractivity contribution in [3.8, 4) is 11.4 Å². The lowest BCUT2D eigenvalue weighted by molar-refractivity contribution is -0.687. The Kier molecular flexibility index (Phi) is 1.70. The first-order valence-electron chi connectivity index (χ1n) is 3.84. The molecule has 1 aromatic carbocycles. The number of hydrogen-bond donors (Lipinski definition) is 0. The Morgan fingerprint density at radius 2 is 2.00 bits per heavy atom. The normalized spacial score (nSPS) is 10.2. The molecule has 0 aliphatic heterocycles. The van der Waals surface area contributed by atoms with E-state index in [-0.39, 0.29) is 0 Å². The van der Waals surface area contributed by atoms with Crippen LogP contribution in [0.15, 0.2) is 30.3 Å². The predicted octanol–water partition coefficient (Wildman–Crippen LogP) is 0.115. The molecule has 1 heterocycles. The number of aryl methyl sites for hydroxylation is 1. The van der Waals surface area contributed by atoms with Crippen molar-refractivity contribution in [3.63, 3.8) is 0 Å². The maximum atomic E-state index is 11.3. The SMILES string of the molecule is Cn1nnc(-c2ccccc2)[n+]1[O-]. The quantitative estimate of drug-likeness (QED) is 0.458. The average Bonchev–Trinajstić information content (AvgIpc) is 2.49. The lowest BCUT2D eigenvalue weighted by Gasteiger charge is -2.01. The summed E-state index contributed by atoms with van der Waals surface area (Å²) < 4.78 is 0. The van der Waals surface area contributed by atoms with Crippen LogP contribution in [0.1, 0.15) is 0 Å². The monoisotopic (exact) mass is 176 g/mol. The molecule has 0 N–H and O–H groups in total. The van der Waals surface area contributed by atoms with Gasteiger partial charge in [-0.1, -0.05) is 23.0 Å². The molecule has 0 fully saturated rings. The third-order valence-corrected chi connectivity index (χ3v) is 1.74. The minimum absolute atomic E-state index is 0.322. The van der Waals surface area contributed by atoms with E-state index in [2.05, 4.69) is 10.3 Å². The Bertz CT molecular complexity index is 409. The van der Waals surface area contributed by atoms with Crippen LogP contribution in [0.2, 0.25) is 0 Å². The van der Waals surface area contributed by atoms with Crippen LogP contribution in [0.4, 0.5) is 0 Å². The van der Waals surface area contributed by atoms with Crippen molar-refractivity contribution in [1.29, 1.82) is 0 Å². The van der Waals surface area contributed by atoms with Gasteiger partial charge in [-0.15, -0.1) is 0 Å². The van der Waals surface area contributed by atoms with E-state index >= 15 is 0 Å². The van der Waals surface area contributed by atoms with E-state index in [1.54, 1.807) is 7.05 Å². The number of aromatic nitrogens is 4. The molecular formula is C8H8N4O. The van der Waals surface area contributed by atoms with Crippen molar-refractivity contribution < 1.29 is 4.85 Å². The zero-order valence-electron chi connectivity index (χ0n) is 7.08. The smallest absolute Gasteiger partial charge is 0.333 e. The maximum Gasteiger partial charge on any atom is 0.333 e. The fraction of sp³-hybridized carbons (Fsp3) is 0.125. The summed E-state index contributed by atoms with van der Waals surface area (Å²) in [6, 6.07) is 9.22. The van der Waals surface area contributed by atoms with Crippen LogP contribution in [-0.4, -0.2) is 15.1 Å². The van der Waals surface area contributed by atoms with Gasteiger partial charge in [0.1, 0.15) is 5.10 Å². The molecule has 0 aliphatic rings. The highest BCUT2D eigenvalue weighted by atomic mass is 16.5. The highest BCUT2D eigenvalue weighted by Crippen LogP contribution is 2.09. The first kappa shape index (κ1) is 7.72. The third-order valence-electron chi connectivity index (χ3n) is 1.74. The minimum Gasteiger partial charge on any atom is -0.723 e. The first-order chi connectivity index (χ1) is 6.29. The van der Waals surface area contributed by atoms with Crippen LogP contribution in [0.25, 0.3) is 11.4 Å². The van der Waals surface area contributed by atoms with Gasteiger partial charge >= 0.3 is 5.82 Å². The number of nitrogens with zero attached hydrogens (tertiary/aromatic N) is 4. The third kappa shape index (κ3) is 1.24. The van der Waals surface area contributed by atoms with Gasteiger partial charge in [0.25, 0.3) is 0 Å². The molecule has 0 bridgehead atoms. The van der Waals surface area contributed by atoms with Gasteiger partial charge in [0.15, 0.2) is 5.21 Å². The highest BCUT2D eigenvalue weighted by molar-refractivity contribution is 5.50. The molecule has 0 saturated heterocycles. The molecule has 2 rings (SSSR count). The molecule has 66 valence electrons. The zero-order chi connectivity index (χ0) is 9.26. The van der Waals surface area contributed by atoms with E-state index in [1.807, 2.05) is 30.3 Å². The molecular weight excluding hydrogens is 168 g/mol. The summed E-state index contributed by atoms with van der Waals surface area (Å²) in [5.41, 5.74) is 0.769. The molecule has 0 amide bonds. The number of tetrazole rings is 1. The summed E-state index contributed by atoms with van der Waals surface area (Å²) in [6.07, 6.45) is 0. The van der Waals surface area contributed by atoms with Gasteiger partial charge in [-0.05, 0) is 12.1 Å². The second-order valence-electron chi connectivity index (χ2n) is 2.64. The summed E-state index contributed by atoms with van der Waals surface area (Å²) in [5.74, 6) is 0.322. The van der Waals surface area contributed by atoms with Crippen LogP contribution >= 0.6 is 0 Å². The molecule has 1 aromatic heterocycles. The van der Waals surface area contributed by atoms with E-state index in [0.29, 0.717) is 10.7 Å². The summed E-state index contributed by atoms with van der Waals surface area (Å²) in [7, 11) is 1.55. The van der Waals surface area contributed by atoms with Crippen molar-refractivity contribution in [2.45, 2.75) is 0 Å². The molecule has 0 spiro atoms. The number of benzene rings is 1. The molecule has 5 heteroatoms. The van der Waals surface area contributed by atoms with Gasteiger partial charge in [-0.25, -0.2) is 0 Å². The molecule has 5 nitrogen and oxygen atoms in total. The largest absolute Gasteiger partial charge is 0.723 e. The molecule has 0 radical (unpaired) electrons. The van der Waals surface area contributed by atoms with E-state index < -0.39 is 0 Å². The van der Waals surface area contributed by atoms with Gasteiger partial charge in [0.2, 0.25) is 0 Å². The molecule has 0 atom stereocenters. The van der Waals surface area contributed by atoms with Crippen molar-refractivity contribution in [2.24, 2.45) is 7.05 Å². The van der Waals surface area contributed by atoms with Gasteiger partial charge in [-0.2, -0.15) is 4.85 Å². The Hall–Kier alpha value is -1.91. The predicted molar refractivity (Wildman–Crippen MR) is 45.4 cm³/mol. The van der Waals surface area contributed by atoms with Gasteiger partial charge in [0.05, 0.1) is 12.6 Å². The Labute approximate surface area is 74.8 Å². The molecule has 2 aromatic rings. The molecule has 13 heavy (non-hydrogen) atoms. The average molecular weight is 176 g/mol. The van der Waals surface area contributed by atoms with Crippen LogP contribution in [0.3, 0.4) is 0 Å². The van der Waals surface area contributed by atoms with Crippen LogP contribution < -0.4 is 4.85 Å². The van der Waals surface area contributed by atoms with Crippen molar-refractivity contribution in [1.82, 2.24) is 15.1 Å². The van der Waals surface area contributed by atoms with Gasteiger partial charge < -0.3 is 5.21 Å². The maximum absolute atomic E-state index is 11.3. The lowest BCUT2D eigenvalue weighted by atomic mass is 10.2. The topological polar surface area (TPSA) is 57.7 Å². The van der Waals surface area contributed by atoms with Crippen molar-refractivity contribution in [3.05, 3.63) is 35.5 Å². The summed E-state index contributed by atoms with van der Waals surface area (Å²) in [4.78, 5) is 1.79. The fourth-order valence-corrected chi connectivity index (χ4v) is 1.07. The van der Waals surface area contributed by atoms with Gasteiger partial charge in [0, 0.05) is 0 Å². The Morgan fingerprint density at radius 3 is 2.54 bits per heavy atom. The van der Waals surface area contributed by atoms with Crippen molar-refractivity contribution >= 4 is 0 Å². The second kappa shape index (κ2) is 2.85. The second-order valence-corrected chi connectivity index (χ2v) is 2.64. The van der Waals surface area contributed by atoms with E-state index in [4.69, 9.17) is 0 Å².